The van der Waals surface area contributed by atoms with Crippen molar-refractivity contribution in [2.24, 2.45) is 0 Å². The van der Waals surface area contributed by atoms with Crippen LogP contribution in [0.15, 0.2) is 51.8 Å². The zero-order chi connectivity index (χ0) is 18.8. The van der Waals surface area contributed by atoms with Crippen LogP contribution in [0.1, 0.15) is 23.2 Å². The number of amides is 1. The number of anilines is 1. The Bertz CT molecular complexity index is 952. The first-order valence-corrected chi connectivity index (χ1v) is 11.6. The standard InChI is InChI=1S/C20H19BrN2O2S2/c1-26-16-8-9-17-18(11-16)27-20(22-17)23(12-15-3-2-10-25-15)19(24)13-4-6-14(21)7-5-13/h4-9,11,15H,2-3,10,12H2,1H3. The van der Waals surface area contributed by atoms with E-state index < -0.39 is 0 Å². The molecule has 2 aromatic carbocycles. The van der Waals surface area contributed by atoms with Crippen molar-refractivity contribution in [1.82, 2.24) is 4.98 Å². The molecule has 1 fully saturated rings. The Labute approximate surface area is 175 Å². The topological polar surface area (TPSA) is 42.4 Å². The average Bonchev–Trinajstić information content (AvgIpc) is 3.34. The van der Waals surface area contributed by atoms with E-state index in [0.717, 1.165) is 39.3 Å². The third-order valence-corrected chi connectivity index (χ3v) is 6.86. The number of halogens is 1. The van der Waals surface area contributed by atoms with Gasteiger partial charge < -0.3 is 4.74 Å². The number of thiazole rings is 1. The molecule has 0 N–H and O–H groups in total. The van der Waals surface area contributed by atoms with E-state index in [9.17, 15) is 4.79 Å². The van der Waals surface area contributed by atoms with Crippen molar-refractivity contribution in [1.29, 1.82) is 0 Å². The van der Waals surface area contributed by atoms with E-state index >= 15 is 0 Å². The summed E-state index contributed by atoms with van der Waals surface area (Å²) in [6.07, 6.45) is 4.15. The fourth-order valence-corrected chi connectivity index (χ4v) is 4.91. The normalized spacial score (nSPS) is 16.7. The van der Waals surface area contributed by atoms with Crippen molar-refractivity contribution < 1.29 is 9.53 Å². The fraction of sp³-hybridized carbons (Fsp3) is 0.300. The van der Waals surface area contributed by atoms with Gasteiger partial charge >= 0.3 is 0 Å². The lowest BCUT2D eigenvalue weighted by molar-refractivity contribution is 0.0917. The van der Waals surface area contributed by atoms with Gasteiger partial charge in [-0.3, -0.25) is 9.69 Å². The van der Waals surface area contributed by atoms with Crippen molar-refractivity contribution in [2.75, 3.05) is 24.3 Å². The van der Waals surface area contributed by atoms with Gasteiger partial charge in [-0.15, -0.1) is 11.8 Å². The number of rotatable bonds is 5. The molecule has 4 nitrogen and oxygen atoms in total. The van der Waals surface area contributed by atoms with Gasteiger partial charge in [0.15, 0.2) is 5.13 Å². The third-order valence-electron chi connectivity index (χ3n) is 4.56. The molecule has 140 valence electrons. The smallest absolute Gasteiger partial charge is 0.260 e. The monoisotopic (exact) mass is 462 g/mol. The lowest BCUT2D eigenvalue weighted by Crippen LogP contribution is -2.37. The van der Waals surface area contributed by atoms with Crippen LogP contribution in [0.4, 0.5) is 5.13 Å². The van der Waals surface area contributed by atoms with Crippen LogP contribution >= 0.6 is 39.0 Å². The summed E-state index contributed by atoms with van der Waals surface area (Å²) in [6.45, 7) is 1.30. The molecule has 1 aliphatic heterocycles. The molecular weight excluding hydrogens is 444 g/mol. The number of hydrogen-bond donors (Lipinski definition) is 0. The summed E-state index contributed by atoms with van der Waals surface area (Å²) in [6, 6.07) is 13.7. The van der Waals surface area contributed by atoms with Crippen molar-refractivity contribution in [3.05, 3.63) is 52.5 Å². The quantitative estimate of drug-likeness (QED) is 0.462. The maximum atomic E-state index is 13.3. The van der Waals surface area contributed by atoms with Crippen LogP contribution in [0.5, 0.6) is 0 Å². The Hall–Kier alpha value is -1.41. The predicted molar refractivity (Wildman–Crippen MR) is 116 cm³/mol. The maximum Gasteiger partial charge on any atom is 0.260 e. The highest BCUT2D eigenvalue weighted by Gasteiger charge is 2.27. The van der Waals surface area contributed by atoms with Gasteiger partial charge in [-0.25, -0.2) is 4.98 Å². The zero-order valence-electron chi connectivity index (χ0n) is 14.9. The lowest BCUT2D eigenvalue weighted by atomic mass is 10.2. The molecule has 0 spiro atoms. The molecule has 7 heteroatoms. The van der Waals surface area contributed by atoms with Gasteiger partial charge in [0.2, 0.25) is 0 Å². The molecule has 1 aliphatic rings. The van der Waals surface area contributed by atoms with Gasteiger partial charge in [0, 0.05) is 21.5 Å². The summed E-state index contributed by atoms with van der Waals surface area (Å²) in [5.41, 5.74) is 1.58. The van der Waals surface area contributed by atoms with Crippen LogP contribution in [-0.4, -0.2) is 36.4 Å². The van der Waals surface area contributed by atoms with Crippen LogP contribution in [0.3, 0.4) is 0 Å². The number of carbonyl (C=O) groups is 1. The Morgan fingerprint density at radius 2 is 2.15 bits per heavy atom. The molecule has 1 amide bonds. The molecule has 3 aromatic rings. The van der Waals surface area contributed by atoms with E-state index in [0.29, 0.717) is 12.1 Å². The van der Waals surface area contributed by atoms with Gasteiger partial charge in [0.1, 0.15) is 0 Å². The van der Waals surface area contributed by atoms with Crippen molar-refractivity contribution >= 4 is 60.3 Å². The molecular formula is C20H19BrN2O2S2. The lowest BCUT2D eigenvalue weighted by Gasteiger charge is -2.23. The van der Waals surface area contributed by atoms with Gasteiger partial charge in [0.25, 0.3) is 5.91 Å². The number of thioether (sulfide) groups is 1. The van der Waals surface area contributed by atoms with Crippen molar-refractivity contribution in [2.45, 2.75) is 23.8 Å². The summed E-state index contributed by atoms with van der Waals surface area (Å²) in [4.78, 5) is 21.0. The summed E-state index contributed by atoms with van der Waals surface area (Å²) >= 11 is 6.69. The second-order valence-corrected chi connectivity index (χ2v) is 9.19. The van der Waals surface area contributed by atoms with E-state index in [-0.39, 0.29) is 12.0 Å². The zero-order valence-corrected chi connectivity index (χ0v) is 18.1. The van der Waals surface area contributed by atoms with Crippen molar-refractivity contribution in [3.63, 3.8) is 0 Å². The second kappa shape index (κ2) is 8.31. The summed E-state index contributed by atoms with van der Waals surface area (Å²) < 4.78 is 7.84. The Morgan fingerprint density at radius 3 is 2.85 bits per heavy atom. The van der Waals surface area contributed by atoms with E-state index in [1.807, 2.05) is 30.3 Å². The molecule has 0 aliphatic carbocycles. The minimum atomic E-state index is -0.0397. The third kappa shape index (κ3) is 4.21. The maximum absolute atomic E-state index is 13.3. The number of benzene rings is 2. The molecule has 0 radical (unpaired) electrons. The van der Waals surface area contributed by atoms with Gasteiger partial charge in [0.05, 0.1) is 22.9 Å². The first kappa shape index (κ1) is 18.9. The highest BCUT2D eigenvalue weighted by atomic mass is 79.9. The number of aromatic nitrogens is 1. The minimum absolute atomic E-state index is 0.0397. The van der Waals surface area contributed by atoms with E-state index in [1.165, 1.54) is 4.90 Å². The largest absolute Gasteiger partial charge is 0.376 e. The molecule has 1 saturated heterocycles. The molecule has 27 heavy (non-hydrogen) atoms. The molecule has 1 aromatic heterocycles. The van der Waals surface area contributed by atoms with Crippen LogP contribution in [-0.2, 0) is 4.74 Å². The van der Waals surface area contributed by atoms with Crippen LogP contribution in [0.2, 0.25) is 0 Å². The highest BCUT2D eigenvalue weighted by Crippen LogP contribution is 2.33. The summed E-state index contributed by atoms with van der Waals surface area (Å²) in [5, 5.41) is 0.728. The number of hydrogen-bond acceptors (Lipinski definition) is 5. The minimum Gasteiger partial charge on any atom is -0.376 e. The Morgan fingerprint density at radius 1 is 1.33 bits per heavy atom. The molecule has 1 unspecified atom stereocenters. The highest BCUT2D eigenvalue weighted by molar-refractivity contribution is 9.10. The number of nitrogens with zero attached hydrogens (tertiary/aromatic N) is 2. The summed E-state index contributed by atoms with van der Waals surface area (Å²) in [5.74, 6) is -0.0397. The predicted octanol–water partition coefficient (Wildman–Crippen LogP) is 5.61. The number of fused-ring (bicyclic) bond motifs is 1. The number of carbonyl (C=O) groups excluding carboxylic acids is 1. The molecule has 4 rings (SSSR count). The Balaban J connectivity index is 1.70. The van der Waals surface area contributed by atoms with Crippen LogP contribution in [0, 0.1) is 0 Å². The molecule has 1 atom stereocenters. The summed E-state index contributed by atoms with van der Waals surface area (Å²) in [7, 11) is 0. The van der Waals surface area contributed by atoms with Gasteiger partial charge in [-0.05, 0) is 61.6 Å². The van der Waals surface area contributed by atoms with Gasteiger partial charge in [-0.2, -0.15) is 0 Å². The van der Waals surface area contributed by atoms with Crippen LogP contribution in [0.25, 0.3) is 10.2 Å². The second-order valence-electron chi connectivity index (χ2n) is 6.39. The van der Waals surface area contributed by atoms with Gasteiger partial charge in [-0.1, -0.05) is 27.3 Å². The first-order valence-electron chi connectivity index (χ1n) is 8.77. The Kier molecular flexibility index (Phi) is 5.82. The molecule has 2 heterocycles. The molecule has 0 bridgehead atoms. The van der Waals surface area contributed by atoms with Crippen LogP contribution < -0.4 is 4.90 Å². The first-order chi connectivity index (χ1) is 13.1. The van der Waals surface area contributed by atoms with Crippen molar-refractivity contribution in [3.8, 4) is 0 Å². The van der Waals surface area contributed by atoms with E-state index in [1.54, 1.807) is 28.0 Å². The van der Waals surface area contributed by atoms with E-state index in [2.05, 4.69) is 34.3 Å². The average molecular weight is 463 g/mol. The SMILES string of the molecule is CSc1ccc2nc(N(CC3CCCO3)C(=O)c3ccc(Br)cc3)sc2c1. The number of ether oxygens (including phenoxy) is 1. The van der Waals surface area contributed by atoms with E-state index in [4.69, 9.17) is 9.72 Å². The fourth-order valence-electron chi connectivity index (χ4n) is 3.12. The molecule has 0 saturated carbocycles.